The Morgan fingerprint density at radius 1 is 1.36 bits per heavy atom. The van der Waals surface area contributed by atoms with Crippen molar-refractivity contribution in [2.24, 2.45) is 0 Å². The van der Waals surface area contributed by atoms with Crippen molar-refractivity contribution in [3.8, 4) is 0 Å². The highest BCUT2D eigenvalue weighted by Gasteiger charge is 2.49. The number of aliphatic hydroxyl groups is 2. The first-order valence-electron chi connectivity index (χ1n) is 3.47. The number of ether oxygens (including phenoxy) is 2. The average molecular weight is 181 g/mol. The summed E-state index contributed by atoms with van der Waals surface area (Å²) >= 11 is 5.82. The van der Waals surface area contributed by atoms with Gasteiger partial charge in [0.05, 0.1) is 12.0 Å². The zero-order valence-electron chi connectivity index (χ0n) is 5.68. The number of fused-ring (bicyclic) bond motifs is 2. The van der Waals surface area contributed by atoms with Crippen molar-refractivity contribution in [2.75, 3.05) is 6.61 Å². The molecule has 2 fully saturated rings. The molecule has 0 aromatic carbocycles. The predicted octanol–water partition coefficient (Wildman–Crippen LogP) is -0.929. The van der Waals surface area contributed by atoms with Crippen LogP contribution in [0.15, 0.2) is 0 Å². The Kier molecular flexibility index (Phi) is 1.81. The molecule has 0 aliphatic carbocycles. The summed E-state index contributed by atoms with van der Waals surface area (Å²) in [5, 5.41) is 18.0. The van der Waals surface area contributed by atoms with Gasteiger partial charge in [-0.3, -0.25) is 0 Å². The number of rotatable bonds is 0. The van der Waals surface area contributed by atoms with E-state index in [1.807, 2.05) is 0 Å². The molecule has 2 bridgehead atoms. The number of hydrogen-bond acceptors (Lipinski definition) is 4. The van der Waals surface area contributed by atoms with Crippen molar-refractivity contribution in [3.05, 3.63) is 0 Å². The van der Waals surface area contributed by atoms with Gasteiger partial charge in [-0.15, -0.1) is 11.6 Å². The third kappa shape index (κ3) is 1.06. The molecule has 0 spiro atoms. The lowest BCUT2D eigenvalue weighted by molar-refractivity contribution is -0.209. The maximum absolute atomic E-state index is 9.25. The van der Waals surface area contributed by atoms with Crippen LogP contribution in [0.4, 0.5) is 0 Å². The standard InChI is InChI=1S/C6H9ClO4/c7-3-2-1-10-5(3)4(8)6(9)11-2/h2-6,8-9H,1H2/t2-,3+,4-,5-,6+/m1/s1. The maximum Gasteiger partial charge on any atom is 0.183 e. The summed E-state index contributed by atoms with van der Waals surface area (Å²) in [5.74, 6) is 0. The molecule has 2 heterocycles. The molecule has 0 aromatic heterocycles. The summed E-state index contributed by atoms with van der Waals surface area (Å²) < 4.78 is 10.1. The molecular weight excluding hydrogens is 172 g/mol. The van der Waals surface area contributed by atoms with E-state index in [4.69, 9.17) is 26.2 Å². The highest BCUT2D eigenvalue weighted by Crippen LogP contribution is 2.32. The summed E-state index contributed by atoms with van der Waals surface area (Å²) in [7, 11) is 0. The van der Waals surface area contributed by atoms with Crippen molar-refractivity contribution >= 4 is 11.6 Å². The first kappa shape index (κ1) is 7.76. The van der Waals surface area contributed by atoms with Crippen LogP contribution in [-0.4, -0.2) is 46.8 Å². The van der Waals surface area contributed by atoms with Crippen LogP contribution < -0.4 is 0 Å². The van der Waals surface area contributed by atoms with E-state index >= 15 is 0 Å². The van der Waals surface area contributed by atoms with Crippen molar-refractivity contribution < 1.29 is 19.7 Å². The molecule has 2 rings (SSSR count). The minimum Gasteiger partial charge on any atom is -0.385 e. The highest BCUT2D eigenvalue weighted by molar-refractivity contribution is 6.21. The first-order chi connectivity index (χ1) is 5.20. The molecule has 2 N–H and O–H groups in total. The number of hydrogen-bond donors (Lipinski definition) is 2. The van der Waals surface area contributed by atoms with Gasteiger partial charge in [-0.2, -0.15) is 0 Å². The Bertz CT molecular complexity index is 165. The van der Waals surface area contributed by atoms with Gasteiger partial charge in [0.2, 0.25) is 0 Å². The van der Waals surface area contributed by atoms with Crippen LogP contribution in [0.25, 0.3) is 0 Å². The van der Waals surface area contributed by atoms with Gasteiger partial charge in [0.25, 0.3) is 0 Å². The Morgan fingerprint density at radius 3 is 2.82 bits per heavy atom. The van der Waals surface area contributed by atoms with Gasteiger partial charge in [-0.05, 0) is 0 Å². The molecule has 2 aliphatic rings. The average Bonchev–Trinajstić information content (AvgIpc) is 2.23. The molecule has 2 saturated heterocycles. The largest absolute Gasteiger partial charge is 0.385 e. The van der Waals surface area contributed by atoms with E-state index in [9.17, 15) is 5.11 Å². The van der Waals surface area contributed by atoms with E-state index in [2.05, 4.69) is 0 Å². The van der Waals surface area contributed by atoms with Gasteiger partial charge in [-0.25, -0.2) is 0 Å². The molecule has 0 aromatic rings. The second-order valence-corrected chi connectivity index (χ2v) is 3.30. The van der Waals surface area contributed by atoms with Gasteiger partial charge in [0, 0.05) is 0 Å². The van der Waals surface area contributed by atoms with Crippen molar-refractivity contribution in [2.45, 2.75) is 30.0 Å². The van der Waals surface area contributed by atoms with Crippen LogP contribution in [0, 0.1) is 0 Å². The zero-order chi connectivity index (χ0) is 8.01. The van der Waals surface area contributed by atoms with E-state index < -0.39 is 18.5 Å². The molecule has 4 nitrogen and oxygen atoms in total. The molecule has 0 radical (unpaired) electrons. The van der Waals surface area contributed by atoms with Gasteiger partial charge in [0.1, 0.15) is 18.3 Å². The van der Waals surface area contributed by atoms with Crippen LogP contribution in [-0.2, 0) is 9.47 Å². The van der Waals surface area contributed by atoms with Crippen molar-refractivity contribution in [3.63, 3.8) is 0 Å². The third-order valence-corrected chi connectivity index (χ3v) is 2.59. The summed E-state index contributed by atoms with van der Waals surface area (Å²) in [5.41, 5.74) is 0. The molecular formula is C6H9ClO4. The lowest BCUT2D eigenvalue weighted by Gasteiger charge is -2.31. The molecule has 11 heavy (non-hydrogen) atoms. The fourth-order valence-corrected chi connectivity index (χ4v) is 1.78. The first-order valence-corrected chi connectivity index (χ1v) is 3.91. The van der Waals surface area contributed by atoms with Gasteiger partial charge in [0.15, 0.2) is 6.29 Å². The Hall–Kier alpha value is 0.130. The monoisotopic (exact) mass is 180 g/mol. The predicted molar refractivity (Wildman–Crippen MR) is 36.3 cm³/mol. The van der Waals surface area contributed by atoms with E-state index in [-0.39, 0.29) is 11.5 Å². The van der Waals surface area contributed by atoms with Crippen molar-refractivity contribution in [1.29, 1.82) is 0 Å². The van der Waals surface area contributed by atoms with Crippen LogP contribution in [0.5, 0.6) is 0 Å². The minimum absolute atomic E-state index is 0.278. The van der Waals surface area contributed by atoms with Gasteiger partial charge >= 0.3 is 0 Å². The van der Waals surface area contributed by atoms with E-state index in [1.165, 1.54) is 0 Å². The fourth-order valence-electron chi connectivity index (χ4n) is 1.42. The maximum atomic E-state index is 9.25. The Morgan fingerprint density at radius 2 is 2.09 bits per heavy atom. The SMILES string of the molecule is O[C@@H]1[C@@H]2OC[C@@H](O[C@@H]1O)[C@@H]2Cl. The minimum atomic E-state index is -1.15. The van der Waals surface area contributed by atoms with E-state index in [1.54, 1.807) is 0 Å². The smallest absolute Gasteiger partial charge is 0.183 e. The fraction of sp³-hybridized carbons (Fsp3) is 1.00. The molecule has 2 aliphatic heterocycles. The molecule has 0 saturated carbocycles. The second-order valence-electron chi connectivity index (χ2n) is 2.80. The topological polar surface area (TPSA) is 58.9 Å². The number of aliphatic hydroxyl groups excluding tert-OH is 2. The van der Waals surface area contributed by atoms with Crippen LogP contribution in [0.1, 0.15) is 0 Å². The van der Waals surface area contributed by atoms with Gasteiger partial charge < -0.3 is 19.7 Å². The van der Waals surface area contributed by atoms with E-state index in [0.717, 1.165) is 0 Å². The normalized spacial score (nSPS) is 56.5. The third-order valence-electron chi connectivity index (χ3n) is 2.06. The Balaban J connectivity index is 2.16. The zero-order valence-corrected chi connectivity index (χ0v) is 6.44. The highest BCUT2D eigenvalue weighted by atomic mass is 35.5. The van der Waals surface area contributed by atoms with Crippen LogP contribution in [0.2, 0.25) is 0 Å². The summed E-state index contributed by atoms with van der Waals surface area (Å²) in [4.78, 5) is 0. The molecule has 5 heteroatoms. The number of alkyl halides is 1. The summed E-state index contributed by atoms with van der Waals surface area (Å²) in [6, 6.07) is 0. The quantitative estimate of drug-likeness (QED) is 0.473. The lowest BCUT2D eigenvalue weighted by atomic mass is 10.1. The summed E-state index contributed by atoms with van der Waals surface area (Å²) in [6.07, 6.45) is -2.93. The molecule has 64 valence electrons. The Labute approximate surface area is 68.7 Å². The van der Waals surface area contributed by atoms with Crippen LogP contribution in [0.3, 0.4) is 0 Å². The number of halogens is 1. The molecule has 0 amide bonds. The van der Waals surface area contributed by atoms with Crippen molar-refractivity contribution in [1.82, 2.24) is 0 Å². The molecule has 5 atom stereocenters. The molecule has 0 unspecified atom stereocenters. The van der Waals surface area contributed by atoms with Gasteiger partial charge in [-0.1, -0.05) is 0 Å². The van der Waals surface area contributed by atoms with E-state index in [0.29, 0.717) is 6.61 Å². The van der Waals surface area contributed by atoms with Crippen LogP contribution >= 0.6 is 11.6 Å². The second kappa shape index (κ2) is 2.57. The summed E-state index contributed by atoms with van der Waals surface area (Å²) in [6.45, 7) is 0.354. The lowest BCUT2D eigenvalue weighted by Crippen LogP contribution is -2.50.